The van der Waals surface area contributed by atoms with E-state index in [2.05, 4.69) is 31.7 Å². The molecular formula is C19H22N6S. The third-order valence-electron chi connectivity index (χ3n) is 5.49. The van der Waals surface area contributed by atoms with E-state index in [-0.39, 0.29) is 0 Å². The molecule has 0 radical (unpaired) electrons. The van der Waals surface area contributed by atoms with Crippen molar-refractivity contribution in [1.82, 2.24) is 19.9 Å². The second kappa shape index (κ2) is 6.46. The summed E-state index contributed by atoms with van der Waals surface area (Å²) in [6.07, 6.45) is 8.97. The fourth-order valence-corrected chi connectivity index (χ4v) is 5.42. The van der Waals surface area contributed by atoms with Crippen molar-refractivity contribution in [2.45, 2.75) is 26.2 Å². The number of aromatic nitrogens is 4. The van der Waals surface area contributed by atoms with Crippen molar-refractivity contribution in [2.75, 3.05) is 36.0 Å². The van der Waals surface area contributed by atoms with Crippen LogP contribution in [0, 0.1) is 5.92 Å². The van der Waals surface area contributed by atoms with Gasteiger partial charge in [0.1, 0.15) is 17.0 Å². The van der Waals surface area contributed by atoms with Crippen LogP contribution in [-0.2, 0) is 12.8 Å². The molecule has 1 saturated heterocycles. The van der Waals surface area contributed by atoms with Crippen LogP contribution in [0.5, 0.6) is 0 Å². The van der Waals surface area contributed by atoms with Gasteiger partial charge in [-0.3, -0.25) is 0 Å². The van der Waals surface area contributed by atoms with Crippen LogP contribution < -0.4 is 9.80 Å². The molecule has 0 spiro atoms. The standard InChI is InChI=1S/C19H22N6S/c1-13-3-4-14-15(11-13)26-18-16(14)17(22-12-23-18)24-7-9-25(10-8-24)19-20-5-2-6-21-19/h2,5-6,12-13H,3-4,7-11H2,1H3/t13-/m1/s1. The van der Waals surface area contributed by atoms with E-state index in [1.54, 1.807) is 18.7 Å². The zero-order chi connectivity index (χ0) is 17.5. The van der Waals surface area contributed by atoms with Gasteiger partial charge in [0, 0.05) is 43.4 Å². The summed E-state index contributed by atoms with van der Waals surface area (Å²) in [4.78, 5) is 25.4. The van der Waals surface area contributed by atoms with Gasteiger partial charge in [0.2, 0.25) is 5.95 Å². The van der Waals surface area contributed by atoms with Gasteiger partial charge in [-0.1, -0.05) is 6.92 Å². The lowest BCUT2D eigenvalue weighted by Gasteiger charge is -2.35. The third kappa shape index (κ3) is 2.70. The average molecular weight is 366 g/mol. The SMILES string of the molecule is C[C@@H]1CCc2c(sc3ncnc(N4CCN(c5ncccn5)CC4)c23)C1. The van der Waals surface area contributed by atoms with E-state index in [1.807, 2.05) is 17.4 Å². The third-order valence-corrected chi connectivity index (χ3v) is 6.65. The minimum absolute atomic E-state index is 0.779. The lowest BCUT2D eigenvalue weighted by molar-refractivity contribution is 0.509. The number of nitrogens with zero attached hydrogens (tertiary/aromatic N) is 6. The Bertz CT molecular complexity index is 916. The summed E-state index contributed by atoms with van der Waals surface area (Å²) in [5.41, 5.74) is 1.51. The first-order valence-electron chi connectivity index (χ1n) is 9.32. The van der Waals surface area contributed by atoms with Crippen LogP contribution in [0.1, 0.15) is 23.8 Å². The second-order valence-corrected chi connectivity index (χ2v) is 8.34. The maximum absolute atomic E-state index is 4.70. The normalized spacial score (nSPS) is 20.4. The monoisotopic (exact) mass is 366 g/mol. The molecule has 7 heteroatoms. The molecule has 3 aromatic heterocycles. The Morgan fingerprint density at radius 1 is 1.00 bits per heavy atom. The molecule has 1 atom stereocenters. The number of aryl methyl sites for hydroxylation is 1. The number of hydrogen-bond donors (Lipinski definition) is 0. The molecule has 1 fully saturated rings. The van der Waals surface area contributed by atoms with E-state index < -0.39 is 0 Å². The Balaban J connectivity index is 1.43. The maximum Gasteiger partial charge on any atom is 0.225 e. The molecule has 0 bridgehead atoms. The van der Waals surface area contributed by atoms with Crippen LogP contribution in [0.15, 0.2) is 24.8 Å². The second-order valence-electron chi connectivity index (χ2n) is 7.25. The Morgan fingerprint density at radius 3 is 2.58 bits per heavy atom. The van der Waals surface area contributed by atoms with Crippen LogP contribution in [0.4, 0.5) is 11.8 Å². The first-order valence-corrected chi connectivity index (χ1v) is 10.1. The van der Waals surface area contributed by atoms with Crippen molar-refractivity contribution in [1.29, 1.82) is 0 Å². The number of thiophene rings is 1. The summed E-state index contributed by atoms with van der Waals surface area (Å²) < 4.78 is 0. The molecule has 5 rings (SSSR count). The molecule has 1 aliphatic carbocycles. The highest BCUT2D eigenvalue weighted by Gasteiger charge is 2.27. The quantitative estimate of drug-likeness (QED) is 0.695. The molecule has 0 saturated carbocycles. The first-order chi connectivity index (χ1) is 12.8. The van der Waals surface area contributed by atoms with Gasteiger partial charge in [-0.25, -0.2) is 19.9 Å². The van der Waals surface area contributed by atoms with Crippen molar-refractivity contribution < 1.29 is 0 Å². The molecular weight excluding hydrogens is 344 g/mol. The number of fused-ring (bicyclic) bond motifs is 3. The lowest BCUT2D eigenvalue weighted by Crippen LogP contribution is -2.47. The van der Waals surface area contributed by atoms with E-state index in [0.29, 0.717) is 0 Å². The van der Waals surface area contributed by atoms with E-state index >= 15 is 0 Å². The van der Waals surface area contributed by atoms with Crippen molar-refractivity contribution in [3.05, 3.63) is 35.2 Å². The largest absolute Gasteiger partial charge is 0.352 e. The first kappa shape index (κ1) is 15.9. The highest BCUT2D eigenvalue weighted by molar-refractivity contribution is 7.19. The summed E-state index contributed by atoms with van der Waals surface area (Å²) in [6, 6.07) is 1.86. The highest BCUT2D eigenvalue weighted by Crippen LogP contribution is 2.40. The zero-order valence-electron chi connectivity index (χ0n) is 14.9. The molecule has 26 heavy (non-hydrogen) atoms. The minimum Gasteiger partial charge on any atom is -0.352 e. The topological polar surface area (TPSA) is 58.0 Å². The average Bonchev–Trinajstić information content (AvgIpc) is 3.06. The fourth-order valence-electron chi connectivity index (χ4n) is 4.07. The molecule has 4 heterocycles. The van der Waals surface area contributed by atoms with Gasteiger partial charge in [-0.15, -0.1) is 11.3 Å². The van der Waals surface area contributed by atoms with Gasteiger partial charge < -0.3 is 9.80 Å². The van der Waals surface area contributed by atoms with Crippen molar-refractivity contribution in [3.63, 3.8) is 0 Å². The maximum atomic E-state index is 4.70. The molecule has 134 valence electrons. The highest BCUT2D eigenvalue weighted by atomic mass is 32.1. The van der Waals surface area contributed by atoms with Gasteiger partial charge in [0.25, 0.3) is 0 Å². The molecule has 3 aromatic rings. The lowest BCUT2D eigenvalue weighted by atomic mass is 9.89. The van der Waals surface area contributed by atoms with Crippen LogP contribution in [0.25, 0.3) is 10.2 Å². The summed E-state index contributed by atoms with van der Waals surface area (Å²) in [6.45, 7) is 6.05. The molecule has 2 aliphatic rings. The number of piperazine rings is 1. The van der Waals surface area contributed by atoms with Gasteiger partial charge >= 0.3 is 0 Å². The molecule has 0 aromatic carbocycles. The Kier molecular flexibility index (Phi) is 3.96. The zero-order valence-corrected chi connectivity index (χ0v) is 15.7. The number of anilines is 2. The molecule has 0 amide bonds. The fraction of sp³-hybridized carbons (Fsp3) is 0.474. The molecule has 6 nitrogen and oxygen atoms in total. The summed E-state index contributed by atoms with van der Waals surface area (Å²) in [5.74, 6) is 2.72. The van der Waals surface area contributed by atoms with E-state index in [0.717, 1.165) is 55.1 Å². The van der Waals surface area contributed by atoms with Gasteiger partial charge in [-0.2, -0.15) is 0 Å². The Morgan fingerprint density at radius 2 is 1.77 bits per heavy atom. The summed E-state index contributed by atoms with van der Waals surface area (Å²) >= 11 is 1.87. The van der Waals surface area contributed by atoms with Gasteiger partial charge in [0.15, 0.2) is 0 Å². The van der Waals surface area contributed by atoms with E-state index in [1.165, 1.54) is 28.7 Å². The smallest absolute Gasteiger partial charge is 0.225 e. The number of rotatable bonds is 2. The van der Waals surface area contributed by atoms with E-state index in [4.69, 9.17) is 4.98 Å². The number of hydrogen-bond acceptors (Lipinski definition) is 7. The van der Waals surface area contributed by atoms with Crippen molar-refractivity contribution >= 4 is 33.3 Å². The van der Waals surface area contributed by atoms with Crippen LogP contribution in [-0.4, -0.2) is 46.1 Å². The van der Waals surface area contributed by atoms with Gasteiger partial charge in [-0.05, 0) is 36.8 Å². The predicted molar refractivity (Wildman–Crippen MR) is 105 cm³/mol. The van der Waals surface area contributed by atoms with Crippen LogP contribution in [0.2, 0.25) is 0 Å². The predicted octanol–water partition coefficient (Wildman–Crippen LogP) is 2.93. The minimum atomic E-state index is 0.779. The van der Waals surface area contributed by atoms with Crippen LogP contribution in [0.3, 0.4) is 0 Å². The summed E-state index contributed by atoms with van der Waals surface area (Å²) in [5, 5.41) is 1.31. The van der Waals surface area contributed by atoms with Crippen LogP contribution >= 0.6 is 11.3 Å². The Hall–Kier alpha value is -2.28. The molecule has 0 unspecified atom stereocenters. The van der Waals surface area contributed by atoms with Crippen molar-refractivity contribution in [2.24, 2.45) is 5.92 Å². The van der Waals surface area contributed by atoms with Gasteiger partial charge in [0.05, 0.1) is 5.39 Å². The van der Waals surface area contributed by atoms with Crippen molar-refractivity contribution in [3.8, 4) is 0 Å². The molecule has 1 aliphatic heterocycles. The summed E-state index contributed by atoms with van der Waals surface area (Å²) in [7, 11) is 0. The van der Waals surface area contributed by atoms with E-state index in [9.17, 15) is 0 Å². The molecule has 0 N–H and O–H groups in total. The Labute approximate surface area is 156 Å².